The van der Waals surface area contributed by atoms with Gasteiger partial charge in [-0.1, -0.05) is 18.2 Å². The molecule has 2 aromatic rings. The average Bonchev–Trinajstić information content (AvgIpc) is 2.71. The van der Waals surface area contributed by atoms with Gasteiger partial charge in [0.25, 0.3) is 0 Å². The number of hydrogen-bond acceptors (Lipinski definition) is 3. The Labute approximate surface area is 105 Å². The normalized spacial score (nSPS) is 13.7. The second-order valence-electron chi connectivity index (χ2n) is 5.19. The SMILES string of the molecule is CC(C)(CC(N)c1coc2ccccc12)C(=O)O. The van der Waals surface area contributed by atoms with Crippen molar-refractivity contribution in [1.29, 1.82) is 0 Å². The van der Waals surface area contributed by atoms with Gasteiger partial charge in [-0.25, -0.2) is 0 Å². The van der Waals surface area contributed by atoms with Crippen LogP contribution in [-0.2, 0) is 4.79 Å². The van der Waals surface area contributed by atoms with Crippen LogP contribution in [0.15, 0.2) is 34.9 Å². The van der Waals surface area contributed by atoms with Crippen molar-refractivity contribution in [2.24, 2.45) is 11.1 Å². The highest BCUT2D eigenvalue weighted by molar-refractivity contribution is 5.81. The summed E-state index contributed by atoms with van der Waals surface area (Å²) >= 11 is 0. The van der Waals surface area contributed by atoms with E-state index in [9.17, 15) is 4.79 Å². The van der Waals surface area contributed by atoms with Gasteiger partial charge in [0.2, 0.25) is 0 Å². The van der Waals surface area contributed by atoms with Crippen molar-refractivity contribution in [2.45, 2.75) is 26.3 Å². The molecular weight excluding hydrogens is 230 g/mol. The van der Waals surface area contributed by atoms with Crippen LogP contribution in [0.2, 0.25) is 0 Å². The van der Waals surface area contributed by atoms with E-state index in [2.05, 4.69) is 0 Å². The molecule has 0 aliphatic rings. The van der Waals surface area contributed by atoms with Crippen molar-refractivity contribution < 1.29 is 14.3 Å². The number of carboxylic acid groups (broad SMARTS) is 1. The van der Waals surface area contributed by atoms with Crippen LogP contribution in [0.4, 0.5) is 0 Å². The van der Waals surface area contributed by atoms with E-state index in [0.29, 0.717) is 6.42 Å². The first kappa shape index (κ1) is 12.6. The molecule has 1 aromatic heterocycles. The van der Waals surface area contributed by atoms with E-state index in [0.717, 1.165) is 16.5 Å². The largest absolute Gasteiger partial charge is 0.481 e. The Morgan fingerprint density at radius 1 is 1.44 bits per heavy atom. The summed E-state index contributed by atoms with van der Waals surface area (Å²) in [6, 6.07) is 7.26. The Bertz CT molecular complexity index is 571. The lowest BCUT2D eigenvalue weighted by molar-refractivity contribution is -0.147. The maximum Gasteiger partial charge on any atom is 0.309 e. The number of aliphatic carboxylic acids is 1. The molecule has 1 atom stereocenters. The molecule has 4 nitrogen and oxygen atoms in total. The van der Waals surface area contributed by atoms with Crippen molar-refractivity contribution >= 4 is 16.9 Å². The second kappa shape index (κ2) is 4.46. The Hall–Kier alpha value is -1.81. The van der Waals surface area contributed by atoms with Crippen molar-refractivity contribution in [3.63, 3.8) is 0 Å². The minimum atomic E-state index is -0.849. The maximum atomic E-state index is 11.1. The molecule has 0 saturated heterocycles. The molecule has 2 rings (SSSR count). The van der Waals surface area contributed by atoms with E-state index < -0.39 is 11.4 Å². The number of furan rings is 1. The summed E-state index contributed by atoms with van der Waals surface area (Å²) in [5.41, 5.74) is 6.89. The first-order valence-electron chi connectivity index (χ1n) is 5.87. The van der Waals surface area contributed by atoms with Gasteiger partial charge in [-0.3, -0.25) is 4.79 Å². The lowest BCUT2D eigenvalue weighted by Gasteiger charge is -2.22. The van der Waals surface area contributed by atoms with Gasteiger partial charge >= 0.3 is 5.97 Å². The molecule has 1 heterocycles. The van der Waals surface area contributed by atoms with E-state index >= 15 is 0 Å². The fourth-order valence-electron chi connectivity index (χ4n) is 2.03. The quantitative estimate of drug-likeness (QED) is 0.870. The number of carbonyl (C=O) groups is 1. The van der Waals surface area contributed by atoms with Gasteiger partial charge in [0.15, 0.2) is 0 Å². The molecule has 0 aliphatic heterocycles. The lowest BCUT2D eigenvalue weighted by atomic mass is 9.84. The number of benzene rings is 1. The molecule has 96 valence electrons. The van der Waals surface area contributed by atoms with Crippen molar-refractivity contribution in [2.75, 3.05) is 0 Å². The Balaban J connectivity index is 2.29. The molecule has 0 aliphatic carbocycles. The van der Waals surface area contributed by atoms with Crippen LogP contribution < -0.4 is 5.73 Å². The first-order valence-corrected chi connectivity index (χ1v) is 5.87. The molecule has 0 amide bonds. The van der Waals surface area contributed by atoms with Gasteiger partial charge < -0.3 is 15.3 Å². The molecule has 1 unspecified atom stereocenters. The topological polar surface area (TPSA) is 76.5 Å². The lowest BCUT2D eigenvalue weighted by Crippen LogP contribution is -2.28. The van der Waals surface area contributed by atoms with E-state index in [1.165, 1.54) is 0 Å². The number of para-hydroxylation sites is 1. The minimum absolute atomic E-state index is 0.347. The summed E-state index contributed by atoms with van der Waals surface area (Å²) in [6.45, 7) is 3.36. The summed E-state index contributed by atoms with van der Waals surface area (Å²) in [5, 5.41) is 10.1. The summed E-state index contributed by atoms with van der Waals surface area (Å²) < 4.78 is 5.42. The number of nitrogens with two attached hydrogens (primary N) is 1. The van der Waals surface area contributed by atoms with Gasteiger partial charge in [0, 0.05) is 17.0 Å². The first-order chi connectivity index (χ1) is 8.42. The summed E-state index contributed by atoms with van der Waals surface area (Å²) in [4.78, 5) is 11.1. The summed E-state index contributed by atoms with van der Waals surface area (Å²) in [7, 11) is 0. The molecule has 1 aromatic carbocycles. The molecule has 0 radical (unpaired) electrons. The highest BCUT2D eigenvalue weighted by Gasteiger charge is 2.30. The van der Waals surface area contributed by atoms with Gasteiger partial charge in [-0.2, -0.15) is 0 Å². The molecule has 0 fully saturated rings. The Kier molecular flexibility index (Phi) is 3.13. The minimum Gasteiger partial charge on any atom is -0.481 e. The third-order valence-electron chi connectivity index (χ3n) is 3.22. The predicted octanol–water partition coefficient (Wildman–Crippen LogP) is 2.93. The zero-order chi connectivity index (χ0) is 13.3. The number of fused-ring (bicyclic) bond motifs is 1. The van der Waals surface area contributed by atoms with Crippen LogP contribution in [0.5, 0.6) is 0 Å². The van der Waals surface area contributed by atoms with Crippen molar-refractivity contribution in [1.82, 2.24) is 0 Å². The van der Waals surface area contributed by atoms with Gasteiger partial charge in [-0.05, 0) is 26.3 Å². The van der Waals surface area contributed by atoms with E-state index in [1.807, 2.05) is 24.3 Å². The Morgan fingerprint density at radius 2 is 2.11 bits per heavy atom. The number of rotatable bonds is 4. The van der Waals surface area contributed by atoms with Gasteiger partial charge in [0.05, 0.1) is 11.7 Å². The molecule has 0 spiro atoms. The number of carboxylic acids is 1. The third-order valence-corrected chi connectivity index (χ3v) is 3.22. The maximum absolute atomic E-state index is 11.1. The number of hydrogen-bond donors (Lipinski definition) is 2. The zero-order valence-corrected chi connectivity index (χ0v) is 10.5. The highest BCUT2D eigenvalue weighted by Crippen LogP contribution is 2.33. The second-order valence-corrected chi connectivity index (χ2v) is 5.19. The molecule has 0 bridgehead atoms. The molecule has 4 heteroatoms. The van der Waals surface area contributed by atoms with Crippen LogP contribution >= 0.6 is 0 Å². The standard InChI is InChI=1S/C14H17NO3/c1-14(2,13(16)17)7-11(15)10-8-18-12-6-4-3-5-9(10)12/h3-6,8,11H,7,15H2,1-2H3,(H,16,17). The van der Waals surface area contributed by atoms with Crippen molar-refractivity contribution in [3.8, 4) is 0 Å². The third kappa shape index (κ3) is 2.24. The van der Waals surface area contributed by atoms with Crippen LogP contribution in [0.1, 0.15) is 31.9 Å². The van der Waals surface area contributed by atoms with Crippen LogP contribution in [0.25, 0.3) is 11.0 Å². The van der Waals surface area contributed by atoms with Crippen LogP contribution in [0.3, 0.4) is 0 Å². The molecule has 18 heavy (non-hydrogen) atoms. The fourth-order valence-corrected chi connectivity index (χ4v) is 2.03. The van der Waals surface area contributed by atoms with Crippen LogP contribution in [0, 0.1) is 5.41 Å². The van der Waals surface area contributed by atoms with Crippen molar-refractivity contribution in [3.05, 3.63) is 36.1 Å². The van der Waals surface area contributed by atoms with E-state index in [4.69, 9.17) is 15.3 Å². The smallest absolute Gasteiger partial charge is 0.309 e. The highest BCUT2D eigenvalue weighted by atomic mass is 16.4. The van der Waals surface area contributed by atoms with E-state index in [-0.39, 0.29) is 6.04 Å². The zero-order valence-electron chi connectivity index (χ0n) is 10.5. The van der Waals surface area contributed by atoms with E-state index in [1.54, 1.807) is 20.1 Å². The predicted molar refractivity (Wildman–Crippen MR) is 69.2 cm³/mol. The average molecular weight is 247 g/mol. The molecular formula is C14H17NO3. The Morgan fingerprint density at radius 3 is 2.78 bits per heavy atom. The molecule has 3 N–H and O–H groups in total. The van der Waals surface area contributed by atoms with Gasteiger partial charge in [0.1, 0.15) is 5.58 Å². The summed E-state index contributed by atoms with van der Waals surface area (Å²) in [6.07, 6.45) is 1.99. The van der Waals surface area contributed by atoms with Crippen LogP contribution in [-0.4, -0.2) is 11.1 Å². The summed E-state index contributed by atoms with van der Waals surface area (Å²) in [5.74, 6) is -0.842. The fraction of sp³-hybridized carbons (Fsp3) is 0.357. The van der Waals surface area contributed by atoms with Gasteiger partial charge in [-0.15, -0.1) is 0 Å². The monoisotopic (exact) mass is 247 g/mol. The molecule has 0 saturated carbocycles.